The number of nitrogens with one attached hydrogen (secondary N) is 2. The zero-order valence-electron chi connectivity index (χ0n) is 14.2. The molecule has 1 atom stereocenters. The van der Waals surface area contributed by atoms with Crippen molar-refractivity contribution in [2.75, 3.05) is 43.2 Å². The molecule has 3 rings (SSSR count). The average molecular weight is 363 g/mol. The van der Waals surface area contributed by atoms with Crippen molar-refractivity contribution in [3.8, 4) is 16.9 Å². The minimum atomic E-state index is -3.32. The van der Waals surface area contributed by atoms with Crippen LogP contribution in [0.5, 0.6) is 5.75 Å². The number of sulfonamides is 1. The van der Waals surface area contributed by atoms with Crippen LogP contribution in [0.4, 0.5) is 11.5 Å². The van der Waals surface area contributed by atoms with E-state index in [1.165, 1.54) is 0 Å². The number of pyridine rings is 1. The second-order valence-electron chi connectivity index (χ2n) is 5.80. The van der Waals surface area contributed by atoms with E-state index in [9.17, 15) is 8.76 Å². The Labute approximate surface area is 148 Å². The van der Waals surface area contributed by atoms with Crippen LogP contribution in [-0.4, -0.2) is 42.7 Å². The molecule has 0 amide bonds. The quantitative estimate of drug-likeness (QED) is 0.579. The molecule has 7 nitrogen and oxygen atoms in total. The van der Waals surface area contributed by atoms with Gasteiger partial charge in [0.15, 0.2) is 11.6 Å². The Kier molecular flexibility index (Phi) is 5.22. The molecule has 134 valence electrons. The molecule has 1 aliphatic rings. The van der Waals surface area contributed by atoms with E-state index in [1.807, 2.05) is 12.1 Å². The highest BCUT2D eigenvalue weighted by Crippen LogP contribution is 2.39. The summed E-state index contributed by atoms with van der Waals surface area (Å²) in [5.41, 5.74) is 3.44. The molecule has 1 aromatic heterocycles. The summed E-state index contributed by atoms with van der Waals surface area (Å²) in [6.07, 6.45) is 3.71. The van der Waals surface area contributed by atoms with Crippen LogP contribution in [0, 0.1) is 0 Å². The molecular formula is C17H21N3O4S. The number of benzene rings is 1. The van der Waals surface area contributed by atoms with Gasteiger partial charge in [-0.1, -0.05) is 16.3 Å². The summed E-state index contributed by atoms with van der Waals surface area (Å²) in [6.45, 7) is 1.83. The molecule has 2 heterocycles. The number of anilines is 2. The Balaban J connectivity index is 1.92. The molecule has 0 saturated heterocycles. The van der Waals surface area contributed by atoms with Crippen molar-refractivity contribution in [3.63, 3.8) is 0 Å². The number of methoxy groups -OCH3 is 1. The number of fused-ring (bicyclic) bond motifs is 1. The van der Waals surface area contributed by atoms with Gasteiger partial charge in [0.1, 0.15) is 16.7 Å². The third kappa shape index (κ3) is 4.28. The maximum Gasteiger partial charge on any atom is 0.169 e. The van der Waals surface area contributed by atoms with Gasteiger partial charge >= 0.3 is 0 Å². The molecule has 2 aromatic rings. The molecule has 1 aromatic carbocycles. The predicted octanol–water partition coefficient (Wildman–Crippen LogP) is 2.33. The molecule has 0 radical (unpaired) electrons. The van der Waals surface area contributed by atoms with E-state index in [4.69, 9.17) is 9.47 Å². The first kappa shape index (κ1) is 17.7. The van der Waals surface area contributed by atoms with Crippen LogP contribution < -0.4 is 14.8 Å². The van der Waals surface area contributed by atoms with Crippen LogP contribution >= 0.6 is 0 Å². The van der Waals surface area contributed by atoms with Crippen LogP contribution in [0.25, 0.3) is 11.1 Å². The van der Waals surface area contributed by atoms with Crippen molar-refractivity contribution in [3.05, 3.63) is 36.0 Å². The lowest BCUT2D eigenvalue weighted by molar-refractivity contribution is 0.210. The lowest BCUT2D eigenvalue weighted by Crippen LogP contribution is -2.17. The van der Waals surface area contributed by atoms with E-state index in [2.05, 4.69) is 15.0 Å². The minimum Gasteiger partial charge on any atom is -0.593 e. The summed E-state index contributed by atoms with van der Waals surface area (Å²) in [5, 5.41) is 3.21. The molecule has 0 fully saturated rings. The highest BCUT2D eigenvalue weighted by molar-refractivity contribution is 7.98. The first-order valence-electron chi connectivity index (χ1n) is 7.93. The van der Waals surface area contributed by atoms with Crippen molar-refractivity contribution in [1.29, 1.82) is 0 Å². The predicted molar refractivity (Wildman–Crippen MR) is 97.6 cm³/mol. The van der Waals surface area contributed by atoms with Gasteiger partial charge in [-0.2, -0.15) is 0 Å². The van der Waals surface area contributed by atoms with Crippen LogP contribution in [0.3, 0.4) is 0 Å². The van der Waals surface area contributed by atoms with Crippen molar-refractivity contribution in [1.82, 2.24) is 4.98 Å². The smallest absolute Gasteiger partial charge is 0.169 e. The SMILES string of the molecule is COCCNc1ncc(-c2cccc(N[S+](C)(=O)[O-])c2)c2c1OCC2. The summed E-state index contributed by atoms with van der Waals surface area (Å²) >= 11 is 0. The van der Waals surface area contributed by atoms with E-state index in [1.54, 1.807) is 25.4 Å². The van der Waals surface area contributed by atoms with Crippen molar-refractivity contribution >= 4 is 21.9 Å². The van der Waals surface area contributed by atoms with E-state index >= 15 is 0 Å². The van der Waals surface area contributed by atoms with Crippen LogP contribution in [-0.2, 0) is 25.8 Å². The van der Waals surface area contributed by atoms with Crippen molar-refractivity contribution in [2.45, 2.75) is 6.42 Å². The van der Waals surface area contributed by atoms with Crippen LogP contribution in [0.2, 0.25) is 0 Å². The lowest BCUT2D eigenvalue weighted by Gasteiger charge is -2.14. The first-order chi connectivity index (χ1) is 12.0. The number of hydrogen-bond donors (Lipinski definition) is 2. The lowest BCUT2D eigenvalue weighted by atomic mass is 9.99. The van der Waals surface area contributed by atoms with E-state index in [-0.39, 0.29) is 0 Å². The highest BCUT2D eigenvalue weighted by Gasteiger charge is 2.22. The fourth-order valence-corrected chi connectivity index (χ4v) is 3.36. The number of ether oxygens (including phenoxy) is 2. The Hall–Kier alpha value is -2.16. The average Bonchev–Trinajstić information content (AvgIpc) is 3.03. The summed E-state index contributed by atoms with van der Waals surface area (Å²) in [6, 6.07) is 7.26. The number of rotatable bonds is 7. The Bertz CT molecular complexity index is 806. The van der Waals surface area contributed by atoms with Gasteiger partial charge in [-0.05, 0) is 17.7 Å². The number of hydrogen-bond acceptors (Lipinski definition) is 6. The third-order valence-corrected chi connectivity index (χ3v) is 4.42. The van der Waals surface area contributed by atoms with E-state index < -0.39 is 10.4 Å². The van der Waals surface area contributed by atoms with Gasteiger partial charge in [0.25, 0.3) is 0 Å². The molecule has 2 N–H and O–H groups in total. The summed E-state index contributed by atoms with van der Waals surface area (Å²) < 4.78 is 36.2. The van der Waals surface area contributed by atoms with Gasteiger partial charge < -0.3 is 19.3 Å². The van der Waals surface area contributed by atoms with Gasteiger partial charge in [0.05, 0.1) is 18.9 Å². The largest absolute Gasteiger partial charge is 0.593 e. The highest BCUT2D eigenvalue weighted by atomic mass is 32.3. The number of nitrogens with zero attached hydrogens (tertiary/aromatic N) is 1. The topological polar surface area (TPSA) is 95.5 Å². The number of aromatic nitrogens is 1. The molecular weight excluding hydrogens is 342 g/mol. The van der Waals surface area contributed by atoms with Gasteiger partial charge in [0.2, 0.25) is 0 Å². The Morgan fingerprint density at radius 1 is 1.44 bits per heavy atom. The fourth-order valence-electron chi connectivity index (χ4n) is 2.80. The monoisotopic (exact) mass is 363 g/mol. The van der Waals surface area contributed by atoms with E-state index in [0.29, 0.717) is 31.3 Å². The molecule has 25 heavy (non-hydrogen) atoms. The van der Waals surface area contributed by atoms with Gasteiger partial charge in [-0.15, -0.1) is 0 Å². The standard InChI is InChI=1S/C17H21N3O4S/c1-23-9-7-18-17-16-14(6-8-24-16)15(11-19-17)12-4-3-5-13(10-12)20-25(2,21)22/h3-5,10-11H,6-9H2,1-2H3,(H2-,18,19,20,21,22). The first-order valence-corrected chi connectivity index (χ1v) is 9.83. The second kappa shape index (κ2) is 7.38. The fraction of sp³-hybridized carbons (Fsp3) is 0.353. The third-order valence-electron chi connectivity index (χ3n) is 3.81. The summed E-state index contributed by atoms with van der Waals surface area (Å²) in [5.74, 6) is 1.47. The second-order valence-corrected chi connectivity index (χ2v) is 7.55. The minimum absolute atomic E-state index is 0.523. The van der Waals surface area contributed by atoms with Crippen LogP contribution in [0.15, 0.2) is 30.5 Å². The van der Waals surface area contributed by atoms with Gasteiger partial charge in [0, 0.05) is 37.4 Å². The normalized spacial score (nSPS) is 15.2. The molecule has 1 unspecified atom stereocenters. The summed E-state index contributed by atoms with van der Waals surface area (Å²) in [7, 11) is -1.67. The van der Waals surface area contributed by atoms with Gasteiger partial charge in [-0.3, -0.25) is 0 Å². The zero-order chi connectivity index (χ0) is 17.9. The maximum absolute atomic E-state index is 11.4. The van der Waals surface area contributed by atoms with Crippen molar-refractivity contribution in [2.24, 2.45) is 0 Å². The molecule has 8 heteroatoms. The van der Waals surface area contributed by atoms with Gasteiger partial charge in [-0.25, -0.2) is 9.71 Å². The molecule has 0 aliphatic carbocycles. The zero-order valence-corrected chi connectivity index (χ0v) is 15.0. The molecule has 1 aliphatic heterocycles. The van der Waals surface area contributed by atoms with Crippen molar-refractivity contribution < 1.29 is 18.2 Å². The molecule has 0 bridgehead atoms. The van der Waals surface area contributed by atoms with Crippen LogP contribution in [0.1, 0.15) is 5.56 Å². The maximum atomic E-state index is 11.4. The molecule has 0 spiro atoms. The molecule has 0 saturated carbocycles. The Morgan fingerprint density at radius 2 is 2.28 bits per heavy atom. The Morgan fingerprint density at radius 3 is 3.04 bits per heavy atom. The van der Waals surface area contributed by atoms with E-state index in [0.717, 1.165) is 35.1 Å². The summed E-state index contributed by atoms with van der Waals surface area (Å²) in [4.78, 5) is 4.47.